The Bertz CT molecular complexity index is 1610. The molecule has 0 saturated carbocycles. The quantitative estimate of drug-likeness (QED) is 0.220. The highest BCUT2D eigenvalue weighted by Crippen LogP contribution is 2.42. The van der Waals surface area contributed by atoms with Gasteiger partial charge < -0.3 is 14.2 Å². The number of carbonyl (C=O) groups is 2. The van der Waals surface area contributed by atoms with Crippen molar-refractivity contribution in [1.82, 2.24) is 4.90 Å². The van der Waals surface area contributed by atoms with Crippen molar-refractivity contribution in [2.24, 2.45) is 0 Å². The molecule has 4 aromatic rings. The van der Waals surface area contributed by atoms with Gasteiger partial charge in [0.25, 0.3) is 0 Å². The average Bonchev–Trinajstić information content (AvgIpc) is 2.97. The Balaban J connectivity index is 1.51. The van der Waals surface area contributed by atoms with Gasteiger partial charge in [0.2, 0.25) is 0 Å². The van der Waals surface area contributed by atoms with Gasteiger partial charge in [-0.15, -0.1) is 0 Å². The lowest BCUT2D eigenvalue weighted by Crippen LogP contribution is -2.45. The van der Waals surface area contributed by atoms with E-state index >= 15 is 0 Å². The van der Waals surface area contributed by atoms with E-state index in [1.54, 1.807) is 17.0 Å². The maximum atomic E-state index is 14.5. The van der Waals surface area contributed by atoms with Crippen LogP contribution < -0.4 is 4.74 Å². The molecule has 1 heterocycles. The maximum Gasteiger partial charge on any atom is 0.410 e. The van der Waals surface area contributed by atoms with Crippen molar-refractivity contribution in [3.63, 3.8) is 0 Å². The van der Waals surface area contributed by atoms with Crippen LogP contribution in [0.15, 0.2) is 84.9 Å². The molecule has 6 nitrogen and oxygen atoms in total. The summed E-state index contributed by atoms with van der Waals surface area (Å²) in [5, 5.41) is 2.15. The molecule has 218 valence electrons. The fourth-order valence-electron chi connectivity index (χ4n) is 5.66. The lowest BCUT2D eigenvalue weighted by atomic mass is 9.83. The van der Waals surface area contributed by atoms with Crippen molar-refractivity contribution >= 4 is 22.8 Å². The number of halogens is 1. The molecule has 7 heteroatoms. The van der Waals surface area contributed by atoms with E-state index in [1.807, 2.05) is 76.2 Å². The summed E-state index contributed by atoms with van der Waals surface area (Å²) in [4.78, 5) is 27.7. The molecule has 3 atom stereocenters. The molecule has 5 rings (SSSR count). The Morgan fingerprint density at radius 2 is 1.71 bits per heavy atom. The third kappa shape index (κ3) is 6.10. The predicted octanol–water partition coefficient (Wildman–Crippen LogP) is 8.05. The van der Waals surface area contributed by atoms with E-state index in [9.17, 15) is 14.0 Å². The summed E-state index contributed by atoms with van der Waals surface area (Å²) in [6.45, 7) is 7.81. The van der Waals surface area contributed by atoms with Crippen molar-refractivity contribution in [2.75, 3.05) is 13.7 Å². The van der Waals surface area contributed by atoms with Gasteiger partial charge in [0.1, 0.15) is 23.3 Å². The number of carbonyl (C=O) groups excluding carboxylic acids is 2. The Labute approximate surface area is 246 Å². The monoisotopic (exact) mass is 569 g/mol. The standard InChI is InChI=1S/C35H36FNO5/c1-22(26-15-10-12-23-11-6-7-13-27(23)26)37(34(39)42-35(2,3)4)21-25-20-29(28-14-8-9-16-32(28)41-25)24-17-18-31(36)30(19-24)33(38)40-5/h6-19,22,25,29H,20-21H2,1-5H3/t22-,25+,29?/m1/s1. The van der Waals surface area contributed by atoms with Gasteiger partial charge in [-0.25, -0.2) is 14.0 Å². The lowest BCUT2D eigenvalue weighted by Gasteiger charge is -2.38. The van der Waals surface area contributed by atoms with Crippen molar-refractivity contribution < 1.29 is 28.2 Å². The second-order valence-electron chi connectivity index (χ2n) is 11.7. The van der Waals surface area contributed by atoms with Crippen molar-refractivity contribution in [3.8, 4) is 5.75 Å². The van der Waals surface area contributed by atoms with E-state index in [2.05, 4.69) is 18.2 Å². The number of hydrogen-bond donors (Lipinski definition) is 0. The van der Waals surface area contributed by atoms with Gasteiger partial charge in [-0.3, -0.25) is 4.90 Å². The number of benzene rings is 4. The molecule has 0 bridgehead atoms. The first-order valence-corrected chi connectivity index (χ1v) is 14.2. The van der Waals surface area contributed by atoms with Crippen LogP contribution in [0.2, 0.25) is 0 Å². The predicted molar refractivity (Wildman–Crippen MR) is 160 cm³/mol. The van der Waals surface area contributed by atoms with E-state index in [4.69, 9.17) is 14.2 Å². The van der Waals surface area contributed by atoms with Gasteiger partial charge in [-0.05, 0) is 74.2 Å². The molecule has 1 unspecified atom stereocenters. The molecule has 0 fully saturated rings. The number of fused-ring (bicyclic) bond motifs is 2. The van der Waals surface area contributed by atoms with Crippen LogP contribution in [-0.2, 0) is 9.47 Å². The summed E-state index contributed by atoms with van der Waals surface area (Å²) >= 11 is 0. The molecule has 1 amide bonds. The number of amides is 1. The second-order valence-corrected chi connectivity index (χ2v) is 11.7. The minimum absolute atomic E-state index is 0.115. The highest BCUT2D eigenvalue weighted by Gasteiger charge is 2.35. The summed E-state index contributed by atoms with van der Waals surface area (Å²) < 4.78 is 31.7. The van der Waals surface area contributed by atoms with E-state index in [0.717, 1.165) is 27.5 Å². The SMILES string of the molecule is COC(=O)c1cc(C2C[C@@H](CN(C(=O)OC(C)(C)C)[C@H](C)c3cccc4ccccc34)Oc3ccccc32)ccc1F. The van der Waals surface area contributed by atoms with Gasteiger partial charge in [0.15, 0.2) is 0 Å². The lowest BCUT2D eigenvalue weighted by molar-refractivity contribution is 0.00569. The highest BCUT2D eigenvalue weighted by atomic mass is 19.1. The van der Waals surface area contributed by atoms with Crippen LogP contribution in [0.4, 0.5) is 9.18 Å². The smallest absolute Gasteiger partial charge is 0.410 e. The van der Waals surface area contributed by atoms with E-state index < -0.39 is 29.6 Å². The van der Waals surface area contributed by atoms with Crippen molar-refractivity contribution in [2.45, 2.75) is 57.8 Å². The first kappa shape index (κ1) is 29.1. The molecule has 1 aliphatic rings. The Kier molecular flexibility index (Phi) is 8.21. The summed E-state index contributed by atoms with van der Waals surface area (Å²) in [6.07, 6.45) is -0.330. The number of hydrogen-bond acceptors (Lipinski definition) is 5. The second kappa shape index (κ2) is 11.8. The van der Waals surface area contributed by atoms with Gasteiger partial charge in [0.05, 0.1) is 25.3 Å². The third-order valence-electron chi connectivity index (χ3n) is 7.65. The molecular formula is C35H36FNO5. The zero-order chi connectivity index (χ0) is 30.0. The molecule has 0 radical (unpaired) electrons. The van der Waals surface area contributed by atoms with E-state index in [1.165, 1.54) is 13.2 Å². The Morgan fingerprint density at radius 3 is 2.48 bits per heavy atom. The Hall–Kier alpha value is -4.39. The molecular weight excluding hydrogens is 533 g/mol. The minimum Gasteiger partial charge on any atom is -0.488 e. The third-order valence-corrected chi connectivity index (χ3v) is 7.65. The van der Waals surface area contributed by atoms with Crippen LogP contribution >= 0.6 is 0 Å². The summed E-state index contributed by atoms with van der Waals surface area (Å²) in [6, 6.07) is 26.1. The molecule has 1 aliphatic heterocycles. The maximum absolute atomic E-state index is 14.5. The van der Waals surface area contributed by atoms with Gasteiger partial charge in [-0.1, -0.05) is 66.7 Å². The first-order valence-electron chi connectivity index (χ1n) is 14.2. The van der Waals surface area contributed by atoms with Crippen LogP contribution in [0.25, 0.3) is 10.8 Å². The molecule has 0 aliphatic carbocycles. The highest BCUT2D eigenvalue weighted by molar-refractivity contribution is 5.90. The number of para-hydroxylation sites is 1. The van der Waals surface area contributed by atoms with Crippen LogP contribution in [0.1, 0.15) is 73.1 Å². The molecule has 4 aromatic carbocycles. The summed E-state index contributed by atoms with van der Waals surface area (Å²) in [7, 11) is 1.23. The van der Waals surface area contributed by atoms with Crippen LogP contribution in [0.3, 0.4) is 0 Å². The number of rotatable bonds is 6. The molecule has 0 aromatic heterocycles. The van der Waals surface area contributed by atoms with Gasteiger partial charge in [-0.2, -0.15) is 0 Å². The van der Waals surface area contributed by atoms with Crippen LogP contribution in [0, 0.1) is 5.82 Å². The normalized spacial score (nSPS) is 17.1. The molecule has 0 saturated heterocycles. The minimum atomic E-state index is -0.730. The van der Waals surface area contributed by atoms with Crippen molar-refractivity contribution in [1.29, 1.82) is 0 Å². The fraction of sp³-hybridized carbons (Fsp3) is 0.314. The number of ether oxygens (including phenoxy) is 3. The van der Waals surface area contributed by atoms with Gasteiger partial charge in [0, 0.05) is 11.5 Å². The first-order chi connectivity index (χ1) is 20.1. The average molecular weight is 570 g/mol. The summed E-state index contributed by atoms with van der Waals surface area (Å²) in [5.41, 5.74) is 1.91. The van der Waals surface area contributed by atoms with Gasteiger partial charge >= 0.3 is 12.1 Å². The number of esters is 1. The number of methoxy groups -OCH3 is 1. The van der Waals surface area contributed by atoms with Crippen LogP contribution in [0.5, 0.6) is 5.75 Å². The zero-order valence-electron chi connectivity index (χ0n) is 24.6. The van der Waals surface area contributed by atoms with E-state index in [0.29, 0.717) is 12.2 Å². The number of nitrogens with zero attached hydrogens (tertiary/aromatic N) is 1. The molecule has 42 heavy (non-hydrogen) atoms. The Morgan fingerprint density at radius 1 is 1.00 bits per heavy atom. The fourth-order valence-corrected chi connectivity index (χ4v) is 5.66. The largest absolute Gasteiger partial charge is 0.488 e. The van der Waals surface area contributed by atoms with Crippen molar-refractivity contribution in [3.05, 3.63) is 113 Å². The van der Waals surface area contributed by atoms with E-state index in [-0.39, 0.29) is 24.1 Å². The summed E-state index contributed by atoms with van der Waals surface area (Å²) in [5.74, 6) is -0.879. The zero-order valence-corrected chi connectivity index (χ0v) is 24.6. The van der Waals surface area contributed by atoms with Crippen LogP contribution in [-0.4, -0.2) is 42.3 Å². The molecule has 0 spiro atoms. The molecule has 0 N–H and O–H groups in total. The topological polar surface area (TPSA) is 65.1 Å².